The van der Waals surface area contributed by atoms with Crippen LogP contribution in [0.2, 0.25) is 0 Å². The van der Waals surface area contributed by atoms with Gasteiger partial charge in [0.05, 0.1) is 18.7 Å². The number of nitriles is 1. The third-order valence-corrected chi connectivity index (χ3v) is 1.96. The highest BCUT2D eigenvalue weighted by molar-refractivity contribution is 4.92. The molecule has 0 fully saturated rings. The Morgan fingerprint density at radius 2 is 1.86 bits per heavy atom. The zero-order valence-electron chi connectivity index (χ0n) is 8.60. The van der Waals surface area contributed by atoms with E-state index < -0.39 is 18.8 Å². The lowest BCUT2D eigenvalue weighted by molar-refractivity contribution is -0.152. The van der Waals surface area contributed by atoms with Crippen molar-refractivity contribution in [3.05, 3.63) is 0 Å². The van der Waals surface area contributed by atoms with Crippen molar-refractivity contribution in [3.8, 4) is 6.07 Å². The monoisotopic (exact) mass is 208 g/mol. The predicted octanol–water partition coefficient (Wildman–Crippen LogP) is 2.56. The van der Waals surface area contributed by atoms with Gasteiger partial charge in [-0.3, -0.25) is 4.90 Å². The highest BCUT2D eigenvalue weighted by Crippen LogP contribution is 2.20. The van der Waals surface area contributed by atoms with Gasteiger partial charge in [-0.05, 0) is 20.3 Å². The molecule has 0 spiro atoms. The first-order valence-electron chi connectivity index (χ1n) is 4.54. The van der Waals surface area contributed by atoms with Gasteiger partial charge < -0.3 is 0 Å². The second-order valence-corrected chi connectivity index (χ2v) is 3.43. The zero-order valence-corrected chi connectivity index (χ0v) is 8.60. The van der Waals surface area contributed by atoms with Crippen LogP contribution in [0.1, 0.15) is 27.2 Å². The largest absolute Gasteiger partial charge is 0.401 e. The van der Waals surface area contributed by atoms with E-state index in [0.717, 1.165) is 0 Å². The third-order valence-electron chi connectivity index (χ3n) is 1.96. The van der Waals surface area contributed by atoms with Crippen LogP contribution < -0.4 is 0 Å². The second-order valence-electron chi connectivity index (χ2n) is 3.43. The third kappa shape index (κ3) is 4.47. The minimum absolute atomic E-state index is 0.277. The molecular weight excluding hydrogens is 193 g/mol. The number of rotatable bonds is 4. The van der Waals surface area contributed by atoms with Crippen LogP contribution in [0.5, 0.6) is 0 Å². The number of hydrogen-bond donors (Lipinski definition) is 0. The van der Waals surface area contributed by atoms with E-state index in [1.807, 2.05) is 6.07 Å². The Balaban J connectivity index is 4.53. The molecule has 0 N–H and O–H groups in total. The molecule has 82 valence electrons. The van der Waals surface area contributed by atoms with Crippen molar-refractivity contribution < 1.29 is 13.2 Å². The first kappa shape index (κ1) is 13.2. The van der Waals surface area contributed by atoms with Crippen molar-refractivity contribution in [3.63, 3.8) is 0 Å². The summed E-state index contributed by atoms with van der Waals surface area (Å²) in [5, 5.41) is 8.68. The molecule has 0 aromatic rings. The summed E-state index contributed by atoms with van der Waals surface area (Å²) in [6, 6.07) is 0.949. The van der Waals surface area contributed by atoms with E-state index in [0.29, 0.717) is 6.42 Å². The van der Waals surface area contributed by atoms with Crippen molar-refractivity contribution >= 4 is 0 Å². The van der Waals surface area contributed by atoms with Crippen LogP contribution >= 0.6 is 0 Å². The van der Waals surface area contributed by atoms with E-state index in [2.05, 4.69) is 0 Å². The van der Waals surface area contributed by atoms with Gasteiger partial charge in [-0.15, -0.1) is 0 Å². The van der Waals surface area contributed by atoms with E-state index in [-0.39, 0.29) is 6.04 Å². The number of alkyl halides is 3. The molecule has 14 heavy (non-hydrogen) atoms. The van der Waals surface area contributed by atoms with Crippen LogP contribution in [0.25, 0.3) is 0 Å². The van der Waals surface area contributed by atoms with Crippen LogP contribution in [0.3, 0.4) is 0 Å². The van der Waals surface area contributed by atoms with Crippen molar-refractivity contribution in [1.29, 1.82) is 5.26 Å². The fraction of sp³-hybridized carbons (Fsp3) is 0.889. The maximum Gasteiger partial charge on any atom is 0.401 e. The second kappa shape index (κ2) is 5.20. The predicted molar refractivity (Wildman–Crippen MR) is 47.6 cm³/mol. The van der Waals surface area contributed by atoms with Crippen LogP contribution in [-0.2, 0) is 0 Å². The van der Waals surface area contributed by atoms with E-state index >= 15 is 0 Å². The van der Waals surface area contributed by atoms with Gasteiger partial charge in [0.15, 0.2) is 0 Å². The van der Waals surface area contributed by atoms with Gasteiger partial charge in [0.2, 0.25) is 0 Å². The highest BCUT2D eigenvalue weighted by atomic mass is 19.4. The first-order valence-corrected chi connectivity index (χ1v) is 4.54. The Kier molecular flexibility index (Phi) is 4.92. The lowest BCUT2D eigenvalue weighted by atomic mass is 10.1. The molecule has 0 saturated carbocycles. The molecule has 1 unspecified atom stereocenters. The Morgan fingerprint density at radius 1 is 1.36 bits per heavy atom. The Morgan fingerprint density at radius 3 is 2.07 bits per heavy atom. The molecule has 2 nitrogen and oxygen atoms in total. The molecule has 0 heterocycles. The van der Waals surface area contributed by atoms with E-state index in [4.69, 9.17) is 5.26 Å². The molecule has 0 amide bonds. The van der Waals surface area contributed by atoms with Crippen LogP contribution in [0.15, 0.2) is 0 Å². The number of nitrogens with zero attached hydrogens (tertiary/aromatic N) is 2. The summed E-state index contributed by atoms with van der Waals surface area (Å²) in [5.41, 5.74) is 0. The van der Waals surface area contributed by atoms with Gasteiger partial charge in [0.1, 0.15) is 0 Å². The molecule has 0 aromatic heterocycles. The van der Waals surface area contributed by atoms with Crippen LogP contribution in [0, 0.1) is 11.3 Å². The summed E-state index contributed by atoms with van der Waals surface area (Å²) in [6.45, 7) is 4.01. The maximum absolute atomic E-state index is 12.1. The van der Waals surface area contributed by atoms with Gasteiger partial charge in [-0.2, -0.15) is 18.4 Å². The smallest absolute Gasteiger partial charge is 0.277 e. The fourth-order valence-corrected chi connectivity index (χ4v) is 1.26. The topological polar surface area (TPSA) is 27.0 Å². The van der Waals surface area contributed by atoms with Crippen LogP contribution in [-0.4, -0.2) is 29.7 Å². The average molecular weight is 208 g/mol. The average Bonchev–Trinajstić information content (AvgIpc) is 2.02. The molecule has 5 heteroatoms. The molecule has 0 bridgehead atoms. The normalized spacial score (nSPS) is 14.5. The lowest BCUT2D eigenvalue weighted by Gasteiger charge is -2.30. The molecule has 0 aliphatic carbocycles. The molecule has 0 radical (unpaired) electrons. The van der Waals surface area contributed by atoms with Gasteiger partial charge in [-0.1, -0.05) is 6.92 Å². The SMILES string of the molecule is CCC(C#N)N(CC(F)(F)F)C(C)C. The fourth-order valence-electron chi connectivity index (χ4n) is 1.26. The summed E-state index contributed by atoms with van der Waals surface area (Å²) >= 11 is 0. The van der Waals surface area contributed by atoms with Crippen molar-refractivity contribution in [2.24, 2.45) is 0 Å². The van der Waals surface area contributed by atoms with Gasteiger partial charge in [0.25, 0.3) is 0 Å². The molecule has 0 aliphatic rings. The summed E-state index contributed by atoms with van der Waals surface area (Å²) < 4.78 is 36.4. The Bertz CT molecular complexity index is 205. The summed E-state index contributed by atoms with van der Waals surface area (Å²) in [5.74, 6) is 0. The zero-order chi connectivity index (χ0) is 11.4. The standard InChI is InChI=1S/C9H15F3N2/c1-4-8(5-13)14(7(2)3)6-9(10,11)12/h7-8H,4,6H2,1-3H3. The van der Waals surface area contributed by atoms with Crippen molar-refractivity contribution in [1.82, 2.24) is 4.90 Å². The Labute approximate surface area is 82.3 Å². The minimum atomic E-state index is -4.24. The summed E-state index contributed by atoms with van der Waals surface area (Å²) in [7, 11) is 0. The van der Waals surface area contributed by atoms with Crippen LogP contribution in [0.4, 0.5) is 13.2 Å². The van der Waals surface area contributed by atoms with E-state index in [1.165, 1.54) is 4.90 Å². The minimum Gasteiger partial charge on any atom is -0.277 e. The summed E-state index contributed by atoms with van der Waals surface area (Å²) in [4.78, 5) is 1.17. The molecular formula is C9H15F3N2. The lowest BCUT2D eigenvalue weighted by Crippen LogP contribution is -2.45. The van der Waals surface area contributed by atoms with E-state index in [1.54, 1.807) is 20.8 Å². The van der Waals surface area contributed by atoms with Gasteiger partial charge in [-0.25, -0.2) is 0 Å². The van der Waals surface area contributed by atoms with Crippen molar-refractivity contribution in [2.75, 3.05) is 6.54 Å². The maximum atomic E-state index is 12.1. The number of halogens is 3. The van der Waals surface area contributed by atoms with Crippen molar-refractivity contribution in [2.45, 2.75) is 45.5 Å². The number of hydrogen-bond acceptors (Lipinski definition) is 2. The quantitative estimate of drug-likeness (QED) is 0.710. The first-order chi connectivity index (χ1) is 6.31. The molecule has 0 aromatic carbocycles. The van der Waals surface area contributed by atoms with E-state index in [9.17, 15) is 13.2 Å². The van der Waals surface area contributed by atoms with Gasteiger partial charge >= 0.3 is 6.18 Å². The highest BCUT2D eigenvalue weighted by Gasteiger charge is 2.34. The van der Waals surface area contributed by atoms with Gasteiger partial charge in [0, 0.05) is 6.04 Å². The molecule has 1 atom stereocenters. The molecule has 0 aliphatic heterocycles. The Hall–Kier alpha value is -0.760. The molecule has 0 saturated heterocycles. The summed E-state index contributed by atoms with van der Waals surface area (Å²) in [6.07, 6.45) is -3.83. The molecule has 0 rings (SSSR count).